The monoisotopic (exact) mass is 222 g/mol. The van der Waals surface area contributed by atoms with E-state index in [0.29, 0.717) is 6.10 Å². The molecule has 2 saturated heterocycles. The molecule has 0 aromatic rings. The minimum Gasteiger partial charge on any atom is -0.377 e. The summed E-state index contributed by atoms with van der Waals surface area (Å²) in [6, 6.07) is 2.41. The van der Waals surface area contributed by atoms with Crippen LogP contribution in [-0.2, 0) is 4.74 Å². The molecule has 2 atom stereocenters. The Bertz CT molecular complexity index is 276. The van der Waals surface area contributed by atoms with Crippen molar-refractivity contribution in [2.45, 2.75) is 51.2 Å². The Morgan fingerprint density at radius 2 is 2.25 bits per heavy atom. The first kappa shape index (κ1) is 11.9. The SMILES string of the molecule is CC1(C)CCC(C#N)CN1CC1CCCO1. The molecule has 0 aromatic carbocycles. The highest BCUT2D eigenvalue weighted by Crippen LogP contribution is 2.31. The molecule has 2 aliphatic rings. The molecule has 0 aliphatic carbocycles. The maximum Gasteiger partial charge on any atom is 0.0703 e. The molecule has 2 unspecified atom stereocenters. The predicted octanol–water partition coefficient (Wildman–Crippen LogP) is 2.18. The Hall–Kier alpha value is -0.590. The highest BCUT2D eigenvalue weighted by Gasteiger charge is 2.35. The lowest BCUT2D eigenvalue weighted by molar-refractivity contribution is 0.00338. The first-order valence-corrected chi connectivity index (χ1v) is 6.38. The van der Waals surface area contributed by atoms with Crippen molar-refractivity contribution in [3.63, 3.8) is 0 Å². The van der Waals surface area contributed by atoms with Crippen molar-refractivity contribution in [1.29, 1.82) is 5.26 Å². The first-order chi connectivity index (χ1) is 7.62. The van der Waals surface area contributed by atoms with Gasteiger partial charge < -0.3 is 4.74 Å². The zero-order valence-electron chi connectivity index (χ0n) is 10.4. The van der Waals surface area contributed by atoms with Crippen molar-refractivity contribution in [2.75, 3.05) is 19.7 Å². The lowest BCUT2D eigenvalue weighted by Gasteiger charge is -2.45. The average Bonchev–Trinajstić information content (AvgIpc) is 2.74. The number of ether oxygens (including phenoxy) is 1. The molecular weight excluding hydrogens is 200 g/mol. The number of rotatable bonds is 2. The van der Waals surface area contributed by atoms with Gasteiger partial charge in [0.2, 0.25) is 0 Å². The van der Waals surface area contributed by atoms with Gasteiger partial charge in [-0.05, 0) is 39.5 Å². The summed E-state index contributed by atoms with van der Waals surface area (Å²) in [4.78, 5) is 2.46. The van der Waals surface area contributed by atoms with E-state index in [1.165, 1.54) is 12.8 Å². The Kier molecular flexibility index (Phi) is 3.51. The molecule has 0 N–H and O–H groups in total. The molecule has 16 heavy (non-hydrogen) atoms. The van der Waals surface area contributed by atoms with E-state index in [0.717, 1.165) is 32.5 Å². The van der Waals surface area contributed by atoms with Crippen molar-refractivity contribution in [1.82, 2.24) is 4.90 Å². The van der Waals surface area contributed by atoms with E-state index < -0.39 is 0 Å². The number of hydrogen-bond donors (Lipinski definition) is 0. The van der Waals surface area contributed by atoms with Gasteiger partial charge in [-0.25, -0.2) is 0 Å². The Morgan fingerprint density at radius 1 is 1.44 bits per heavy atom. The zero-order valence-corrected chi connectivity index (χ0v) is 10.4. The second-order valence-electron chi connectivity index (χ2n) is 5.72. The van der Waals surface area contributed by atoms with Crippen LogP contribution in [-0.4, -0.2) is 36.2 Å². The maximum absolute atomic E-state index is 9.03. The highest BCUT2D eigenvalue weighted by atomic mass is 16.5. The summed E-state index contributed by atoms with van der Waals surface area (Å²) in [7, 11) is 0. The lowest BCUT2D eigenvalue weighted by atomic mass is 9.85. The van der Waals surface area contributed by atoms with Gasteiger partial charge in [-0.3, -0.25) is 4.90 Å². The van der Waals surface area contributed by atoms with E-state index in [1.807, 2.05) is 0 Å². The van der Waals surface area contributed by atoms with Crippen LogP contribution < -0.4 is 0 Å². The van der Waals surface area contributed by atoms with Gasteiger partial charge in [-0.1, -0.05) is 0 Å². The van der Waals surface area contributed by atoms with E-state index in [1.54, 1.807) is 0 Å². The molecule has 0 radical (unpaired) electrons. The number of nitriles is 1. The highest BCUT2D eigenvalue weighted by molar-refractivity contribution is 4.97. The summed E-state index contributed by atoms with van der Waals surface area (Å²) >= 11 is 0. The molecule has 2 heterocycles. The molecule has 2 aliphatic heterocycles. The molecule has 0 amide bonds. The molecule has 0 spiro atoms. The molecule has 90 valence electrons. The third-order valence-electron chi connectivity index (χ3n) is 4.03. The molecule has 0 bridgehead atoms. The number of nitrogens with zero attached hydrogens (tertiary/aromatic N) is 2. The van der Waals surface area contributed by atoms with Crippen LogP contribution in [0.15, 0.2) is 0 Å². The maximum atomic E-state index is 9.03. The standard InChI is InChI=1S/C13H22N2O/c1-13(2)6-5-11(8-14)9-15(13)10-12-4-3-7-16-12/h11-12H,3-7,9-10H2,1-2H3. The van der Waals surface area contributed by atoms with Crippen molar-refractivity contribution < 1.29 is 4.74 Å². The lowest BCUT2D eigenvalue weighted by Crippen LogP contribution is -2.52. The van der Waals surface area contributed by atoms with E-state index >= 15 is 0 Å². The number of hydrogen-bond acceptors (Lipinski definition) is 3. The molecule has 0 saturated carbocycles. The first-order valence-electron chi connectivity index (χ1n) is 6.38. The summed E-state index contributed by atoms with van der Waals surface area (Å²) in [6.07, 6.45) is 4.95. The van der Waals surface area contributed by atoms with Crippen molar-refractivity contribution in [2.24, 2.45) is 5.92 Å². The van der Waals surface area contributed by atoms with Crippen molar-refractivity contribution >= 4 is 0 Å². The van der Waals surface area contributed by atoms with E-state index in [4.69, 9.17) is 10.00 Å². The topological polar surface area (TPSA) is 36.3 Å². The molecule has 0 aromatic heterocycles. The quantitative estimate of drug-likeness (QED) is 0.718. The summed E-state index contributed by atoms with van der Waals surface area (Å²) in [5, 5.41) is 9.03. The number of likely N-dealkylation sites (tertiary alicyclic amines) is 1. The minimum atomic E-state index is 0.217. The van der Waals surface area contributed by atoms with Gasteiger partial charge >= 0.3 is 0 Å². The van der Waals surface area contributed by atoms with Crippen molar-refractivity contribution in [3.8, 4) is 6.07 Å². The van der Waals surface area contributed by atoms with Gasteiger partial charge in [0.15, 0.2) is 0 Å². The molecule has 3 heteroatoms. The van der Waals surface area contributed by atoms with Crippen LogP contribution in [0.4, 0.5) is 0 Å². The molecular formula is C13H22N2O. The summed E-state index contributed by atoms with van der Waals surface area (Å²) in [5.41, 5.74) is 0.235. The second kappa shape index (κ2) is 4.73. The van der Waals surface area contributed by atoms with Crippen LogP contribution in [0.2, 0.25) is 0 Å². The van der Waals surface area contributed by atoms with Gasteiger partial charge in [0.05, 0.1) is 18.1 Å². The smallest absolute Gasteiger partial charge is 0.0703 e. The van der Waals surface area contributed by atoms with Crippen LogP contribution in [0.1, 0.15) is 39.5 Å². The average molecular weight is 222 g/mol. The Balaban J connectivity index is 1.95. The third kappa shape index (κ3) is 2.56. The van der Waals surface area contributed by atoms with Gasteiger partial charge in [0.1, 0.15) is 0 Å². The van der Waals surface area contributed by atoms with E-state index in [2.05, 4.69) is 24.8 Å². The largest absolute Gasteiger partial charge is 0.377 e. The van der Waals surface area contributed by atoms with E-state index in [9.17, 15) is 0 Å². The molecule has 2 rings (SSSR count). The van der Waals surface area contributed by atoms with Gasteiger partial charge in [0.25, 0.3) is 0 Å². The van der Waals surface area contributed by atoms with Gasteiger partial charge in [-0.2, -0.15) is 5.26 Å². The van der Waals surface area contributed by atoms with Crippen LogP contribution in [0.25, 0.3) is 0 Å². The fourth-order valence-electron chi connectivity index (χ4n) is 2.75. The third-order valence-corrected chi connectivity index (χ3v) is 4.03. The van der Waals surface area contributed by atoms with E-state index in [-0.39, 0.29) is 11.5 Å². The van der Waals surface area contributed by atoms with Gasteiger partial charge in [-0.15, -0.1) is 0 Å². The fraction of sp³-hybridized carbons (Fsp3) is 0.923. The summed E-state index contributed by atoms with van der Waals surface area (Å²) in [5.74, 6) is 0.217. The van der Waals surface area contributed by atoms with Crippen LogP contribution in [0, 0.1) is 17.2 Å². The minimum absolute atomic E-state index is 0.217. The molecule has 3 nitrogen and oxygen atoms in total. The zero-order chi connectivity index (χ0) is 11.6. The Labute approximate surface area is 98.4 Å². The van der Waals surface area contributed by atoms with Gasteiger partial charge in [0, 0.05) is 25.2 Å². The molecule has 2 fully saturated rings. The second-order valence-corrected chi connectivity index (χ2v) is 5.72. The fourth-order valence-corrected chi connectivity index (χ4v) is 2.75. The summed E-state index contributed by atoms with van der Waals surface area (Å²) in [6.45, 7) is 7.42. The van der Waals surface area contributed by atoms with Crippen LogP contribution in [0.5, 0.6) is 0 Å². The van der Waals surface area contributed by atoms with Crippen LogP contribution in [0.3, 0.4) is 0 Å². The predicted molar refractivity (Wildman–Crippen MR) is 63.0 cm³/mol. The van der Waals surface area contributed by atoms with Crippen LogP contribution >= 0.6 is 0 Å². The Morgan fingerprint density at radius 3 is 2.88 bits per heavy atom. The normalized spacial score (nSPS) is 34.8. The number of piperidine rings is 1. The van der Waals surface area contributed by atoms with Crippen molar-refractivity contribution in [3.05, 3.63) is 0 Å². The summed E-state index contributed by atoms with van der Waals surface area (Å²) < 4.78 is 5.69.